The zero-order valence-corrected chi connectivity index (χ0v) is 9.75. The molecule has 90 valence electrons. The van der Waals surface area contributed by atoms with Crippen LogP contribution in [0.15, 0.2) is 18.2 Å². The van der Waals surface area contributed by atoms with Crippen molar-refractivity contribution in [3.8, 4) is 5.75 Å². The minimum absolute atomic E-state index is 0.290. The lowest BCUT2D eigenvalue weighted by Gasteiger charge is -2.10. The molecule has 0 aromatic heterocycles. The lowest BCUT2D eigenvalue weighted by atomic mass is 10.2. The van der Waals surface area contributed by atoms with Crippen molar-refractivity contribution >= 4 is 5.69 Å². The lowest BCUT2D eigenvalue weighted by molar-refractivity contribution is 0.194. The van der Waals surface area contributed by atoms with Gasteiger partial charge in [-0.2, -0.15) is 0 Å². The van der Waals surface area contributed by atoms with E-state index < -0.39 is 0 Å². The summed E-state index contributed by atoms with van der Waals surface area (Å²) in [6, 6.07) is 4.47. The minimum atomic E-state index is -0.290. The summed E-state index contributed by atoms with van der Waals surface area (Å²) in [5.74, 6) is 0.244. The molecule has 0 saturated carbocycles. The van der Waals surface area contributed by atoms with Gasteiger partial charge in [0.05, 0.1) is 12.8 Å². The fourth-order valence-electron chi connectivity index (χ4n) is 1.41. The molecular weight excluding hydrogens is 209 g/mol. The fourth-order valence-corrected chi connectivity index (χ4v) is 1.41. The number of anilines is 1. The van der Waals surface area contributed by atoms with E-state index in [0.29, 0.717) is 5.75 Å². The van der Waals surface area contributed by atoms with E-state index in [4.69, 9.17) is 9.47 Å². The van der Waals surface area contributed by atoms with Crippen molar-refractivity contribution in [3.63, 3.8) is 0 Å². The molecule has 4 heteroatoms. The van der Waals surface area contributed by atoms with Crippen molar-refractivity contribution in [2.45, 2.75) is 12.8 Å². The molecule has 0 fully saturated rings. The topological polar surface area (TPSA) is 30.5 Å². The smallest absolute Gasteiger partial charge is 0.144 e. The third-order valence-corrected chi connectivity index (χ3v) is 2.25. The molecule has 0 aliphatic heterocycles. The predicted octanol–water partition coefficient (Wildman–Crippen LogP) is 2.67. The number of benzene rings is 1. The Labute approximate surface area is 95.6 Å². The Morgan fingerprint density at radius 3 is 2.75 bits per heavy atom. The number of methoxy groups -OCH3 is 2. The first-order chi connectivity index (χ1) is 7.77. The quantitative estimate of drug-likeness (QED) is 0.726. The average Bonchev–Trinajstić information content (AvgIpc) is 2.30. The van der Waals surface area contributed by atoms with Crippen LogP contribution in [0.4, 0.5) is 10.1 Å². The maximum atomic E-state index is 12.9. The number of halogens is 1. The van der Waals surface area contributed by atoms with Crippen LogP contribution in [-0.2, 0) is 4.74 Å². The highest BCUT2D eigenvalue weighted by atomic mass is 19.1. The monoisotopic (exact) mass is 227 g/mol. The number of rotatable bonds is 7. The van der Waals surface area contributed by atoms with Crippen molar-refractivity contribution in [3.05, 3.63) is 24.0 Å². The summed E-state index contributed by atoms with van der Waals surface area (Å²) in [6.45, 7) is 1.59. The molecule has 1 aromatic rings. The highest BCUT2D eigenvalue weighted by Crippen LogP contribution is 2.24. The van der Waals surface area contributed by atoms with Gasteiger partial charge in [-0.15, -0.1) is 0 Å². The van der Waals surface area contributed by atoms with Crippen LogP contribution in [-0.4, -0.2) is 27.4 Å². The van der Waals surface area contributed by atoms with Crippen molar-refractivity contribution in [1.29, 1.82) is 0 Å². The second kappa shape index (κ2) is 7.06. The first kappa shape index (κ1) is 12.8. The van der Waals surface area contributed by atoms with E-state index in [1.165, 1.54) is 19.2 Å². The number of hydrogen-bond donors (Lipinski definition) is 1. The van der Waals surface area contributed by atoms with Gasteiger partial charge in [0.1, 0.15) is 11.6 Å². The molecule has 0 spiro atoms. The van der Waals surface area contributed by atoms with Crippen LogP contribution in [0.5, 0.6) is 5.75 Å². The standard InChI is InChI=1S/C12H18FNO2/c1-15-8-4-3-7-14-11-6-5-10(13)9-12(11)16-2/h5-6,9,14H,3-4,7-8H2,1-2H3. The van der Waals surface area contributed by atoms with E-state index in [0.717, 1.165) is 31.7 Å². The Bertz CT molecular complexity index is 318. The van der Waals surface area contributed by atoms with Gasteiger partial charge in [0.2, 0.25) is 0 Å². The molecule has 0 saturated heterocycles. The Morgan fingerprint density at radius 1 is 1.25 bits per heavy atom. The van der Waals surface area contributed by atoms with E-state index in [-0.39, 0.29) is 5.82 Å². The second-order valence-electron chi connectivity index (χ2n) is 3.47. The Morgan fingerprint density at radius 2 is 2.06 bits per heavy atom. The van der Waals surface area contributed by atoms with Gasteiger partial charge in [-0.05, 0) is 25.0 Å². The third kappa shape index (κ3) is 4.06. The molecule has 0 amide bonds. The van der Waals surface area contributed by atoms with E-state index in [2.05, 4.69) is 5.32 Å². The van der Waals surface area contributed by atoms with E-state index in [1.54, 1.807) is 13.2 Å². The number of hydrogen-bond acceptors (Lipinski definition) is 3. The lowest BCUT2D eigenvalue weighted by Crippen LogP contribution is -2.04. The SMILES string of the molecule is COCCCCNc1ccc(F)cc1OC. The van der Waals surface area contributed by atoms with E-state index in [1.807, 2.05) is 0 Å². The van der Waals surface area contributed by atoms with Crippen LogP contribution in [0.3, 0.4) is 0 Å². The zero-order valence-electron chi connectivity index (χ0n) is 9.75. The first-order valence-electron chi connectivity index (χ1n) is 5.34. The van der Waals surface area contributed by atoms with Gasteiger partial charge in [0.25, 0.3) is 0 Å². The van der Waals surface area contributed by atoms with Crippen molar-refractivity contribution in [1.82, 2.24) is 0 Å². The molecule has 3 nitrogen and oxygen atoms in total. The third-order valence-electron chi connectivity index (χ3n) is 2.25. The molecule has 16 heavy (non-hydrogen) atoms. The number of nitrogens with one attached hydrogen (secondary N) is 1. The molecule has 1 aromatic carbocycles. The predicted molar refractivity (Wildman–Crippen MR) is 62.6 cm³/mol. The van der Waals surface area contributed by atoms with Gasteiger partial charge >= 0.3 is 0 Å². The van der Waals surface area contributed by atoms with Crippen molar-refractivity contribution < 1.29 is 13.9 Å². The maximum Gasteiger partial charge on any atom is 0.144 e. The highest BCUT2D eigenvalue weighted by Gasteiger charge is 2.03. The summed E-state index contributed by atoms with van der Waals surface area (Å²) in [5.41, 5.74) is 0.821. The van der Waals surface area contributed by atoms with Crippen molar-refractivity contribution in [2.75, 3.05) is 32.7 Å². The zero-order chi connectivity index (χ0) is 11.8. The van der Waals surface area contributed by atoms with Crippen LogP contribution in [0.2, 0.25) is 0 Å². The fraction of sp³-hybridized carbons (Fsp3) is 0.500. The summed E-state index contributed by atoms with van der Waals surface area (Å²) in [5, 5.41) is 3.20. The summed E-state index contributed by atoms with van der Waals surface area (Å²) in [7, 11) is 3.22. The Kier molecular flexibility index (Phi) is 5.64. The molecule has 1 N–H and O–H groups in total. The van der Waals surface area contributed by atoms with Gasteiger partial charge in [-0.3, -0.25) is 0 Å². The molecular formula is C12H18FNO2. The first-order valence-corrected chi connectivity index (χ1v) is 5.34. The highest BCUT2D eigenvalue weighted by molar-refractivity contribution is 5.56. The number of unbranched alkanes of at least 4 members (excludes halogenated alkanes) is 1. The van der Waals surface area contributed by atoms with Crippen LogP contribution in [0, 0.1) is 5.82 Å². The van der Waals surface area contributed by atoms with E-state index in [9.17, 15) is 4.39 Å². The maximum absolute atomic E-state index is 12.9. The van der Waals surface area contributed by atoms with Gasteiger partial charge in [-0.1, -0.05) is 0 Å². The summed E-state index contributed by atoms with van der Waals surface area (Å²) >= 11 is 0. The van der Waals surface area contributed by atoms with Gasteiger partial charge in [-0.25, -0.2) is 4.39 Å². The van der Waals surface area contributed by atoms with Crippen LogP contribution < -0.4 is 10.1 Å². The molecule has 0 bridgehead atoms. The summed E-state index contributed by atoms with van der Waals surface area (Å²) < 4.78 is 22.9. The molecule has 0 aliphatic carbocycles. The normalized spacial score (nSPS) is 10.2. The largest absolute Gasteiger partial charge is 0.494 e. The minimum Gasteiger partial charge on any atom is -0.494 e. The molecule has 0 aliphatic rings. The second-order valence-corrected chi connectivity index (χ2v) is 3.47. The molecule has 0 atom stereocenters. The number of ether oxygens (including phenoxy) is 2. The average molecular weight is 227 g/mol. The Hall–Kier alpha value is -1.29. The van der Waals surface area contributed by atoms with Crippen LogP contribution >= 0.6 is 0 Å². The van der Waals surface area contributed by atoms with Crippen molar-refractivity contribution in [2.24, 2.45) is 0 Å². The summed E-state index contributed by atoms with van der Waals surface area (Å²) in [6.07, 6.45) is 2.02. The van der Waals surface area contributed by atoms with Gasteiger partial charge in [0.15, 0.2) is 0 Å². The van der Waals surface area contributed by atoms with Crippen LogP contribution in [0.25, 0.3) is 0 Å². The Balaban J connectivity index is 2.41. The molecule has 0 heterocycles. The van der Waals surface area contributed by atoms with Gasteiger partial charge < -0.3 is 14.8 Å². The van der Waals surface area contributed by atoms with E-state index >= 15 is 0 Å². The molecule has 0 unspecified atom stereocenters. The molecule has 0 radical (unpaired) electrons. The van der Waals surface area contributed by atoms with Crippen LogP contribution in [0.1, 0.15) is 12.8 Å². The van der Waals surface area contributed by atoms with Gasteiger partial charge in [0, 0.05) is 26.3 Å². The molecule has 1 rings (SSSR count). The summed E-state index contributed by atoms with van der Waals surface area (Å²) in [4.78, 5) is 0.